The maximum atomic E-state index is 13.2. The van der Waals surface area contributed by atoms with Crippen molar-refractivity contribution in [2.24, 2.45) is 5.92 Å². The molecule has 34 heavy (non-hydrogen) atoms. The van der Waals surface area contributed by atoms with Crippen LogP contribution in [0, 0.1) is 17.6 Å². The molecule has 1 aliphatic rings. The van der Waals surface area contributed by atoms with Crippen LogP contribution in [-0.4, -0.2) is 51.3 Å². The Hall–Kier alpha value is -3.84. The van der Waals surface area contributed by atoms with Crippen LogP contribution in [-0.2, 0) is 15.8 Å². The van der Waals surface area contributed by atoms with Crippen molar-refractivity contribution in [3.05, 3.63) is 47.8 Å². The molecule has 3 aromatic rings. The van der Waals surface area contributed by atoms with Crippen molar-refractivity contribution in [2.75, 3.05) is 29.9 Å². The minimum atomic E-state index is -4.70. The van der Waals surface area contributed by atoms with Crippen molar-refractivity contribution in [1.29, 1.82) is 0 Å². The number of nitrogens with one attached hydrogen (secondary N) is 2. The van der Waals surface area contributed by atoms with Crippen LogP contribution in [0.1, 0.15) is 18.7 Å². The lowest BCUT2D eigenvalue weighted by molar-refractivity contribution is -0.146. The predicted molar refractivity (Wildman–Crippen MR) is 109 cm³/mol. The number of hydrogen-bond acceptors (Lipinski definition) is 6. The largest absolute Gasteiger partial charge is 0.453 e. The molecule has 0 bridgehead atoms. The molecule has 2 N–H and O–H groups in total. The molecule has 0 radical (unpaired) electrons. The second-order valence-electron chi connectivity index (χ2n) is 7.64. The van der Waals surface area contributed by atoms with E-state index in [1.54, 1.807) is 4.90 Å². The van der Waals surface area contributed by atoms with E-state index in [4.69, 9.17) is 0 Å². The van der Waals surface area contributed by atoms with Crippen LogP contribution in [0.2, 0.25) is 0 Å². The van der Waals surface area contributed by atoms with E-state index >= 15 is 0 Å². The molecule has 0 atom stereocenters. The van der Waals surface area contributed by atoms with E-state index in [9.17, 15) is 31.5 Å². The summed E-state index contributed by atoms with van der Waals surface area (Å²) < 4.78 is 66.0. The van der Waals surface area contributed by atoms with Gasteiger partial charge in [0, 0.05) is 30.8 Å². The highest BCUT2D eigenvalue weighted by Crippen LogP contribution is 2.28. The van der Waals surface area contributed by atoms with E-state index in [-0.39, 0.29) is 23.8 Å². The summed E-state index contributed by atoms with van der Waals surface area (Å²) in [6.45, 7) is 0.367. The molecule has 1 aromatic carbocycles. The summed E-state index contributed by atoms with van der Waals surface area (Å²) in [5.41, 5.74) is 0.0182. The molecule has 0 spiro atoms. The number of aromatic nitrogens is 4. The fourth-order valence-corrected chi connectivity index (χ4v) is 3.59. The summed E-state index contributed by atoms with van der Waals surface area (Å²) >= 11 is 0. The molecule has 0 unspecified atom stereocenters. The third kappa shape index (κ3) is 5.05. The summed E-state index contributed by atoms with van der Waals surface area (Å²) in [5, 5.41) is 15.5. The van der Waals surface area contributed by atoms with Gasteiger partial charge in [-0.3, -0.25) is 9.59 Å². The van der Waals surface area contributed by atoms with E-state index < -0.39 is 35.5 Å². The molecule has 3 heterocycles. The molecular weight excluding hydrogens is 465 g/mol. The first-order valence-electron chi connectivity index (χ1n) is 10.2. The lowest BCUT2D eigenvalue weighted by atomic mass is 9.96. The molecule has 1 fully saturated rings. The summed E-state index contributed by atoms with van der Waals surface area (Å²) in [4.78, 5) is 26.1. The third-order valence-corrected chi connectivity index (χ3v) is 5.32. The first-order valence-corrected chi connectivity index (χ1v) is 10.2. The van der Waals surface area contributed by atoms with E-state index in [1.165, 1.54) is 18.2 Å². The molecule has 14 heteroatoms. The Labute approximate surface area is 188 Å². The number of carbonyl (C=O) groups is 2. The number of hydrogen-bond donors (Lipinski definition) is 2. The maximum absolute atomic E-state index is 13.2. The number of amides is 2. The Balaban J connectivity index is 1.30. The number of rotatable bonds is 5. The molecule has 2 amide bonds. The zero-order valence-electron chi connectivity index (χ0n) is 17.4. The number of anilines is 2. The van der Waals surface area contributed by atoms with E-state index in [2.05, 4.69) is 25.9 Å². The molecule has 9 nitrogen and oxygen atoms in total. The fourth-order valence-electron chi connectivity index (χ4n) is 3.59. The summed E-state index contributed by atoms with van der Waals surface area (Å²) in [5.74, 6) is -4.46. The molecular formula is C20H18F5N7O2. The van der Waals surface area contributed by atoms with E-state index in [0.717, 1.165) is 12.1 Å². The second-order valence-corrected chi connectivity index (χ2v) is 7.64. The van der Waals surface area contributed by atoms with Gasteiger partial charge < -0.3 is 15.5 Å². The molecule has 0 saturated carbocycles. The Kier molecular flexibility index (Phi) is 6.30. The summed E-state index contributed by atoms with van der Waals surface area (Å²) in [6.07, 6.45) is -3.91. The second kappa shape index (κ2) is 9.19. The number of alkyl halides is 3. The Morgan fingerprint density at radius 2 is 1.76 bits per heavy atom. The number of halogens is 5. The normalized spacial score (nSPS) is 14.9. The van der Waals surface area contributed by atoms with Crippen molar-refractivity contribution >= 4 is 29.0 Å². The van der Waals surface area contributed by atoms with Crippen LogP contribution in [0.5, 0.6) is 0 Å². The third-order valence-electron chi connectivity index (χ3n) is 5.32. The first-order chi connectivity index (χ1) is 16.1. The van der Waals surface area contributed by atoms with Crippen LogP contribution in [0.3, 0.4) is 0 Å². The van der Waals surface area contributed by atoms with Gasteiger partial charge in [0.05, 0.1) is 6.54 Å². The van der Waals surface area contributed by atoms with Gasteiger partial charge in [0.2, 0.25) is 11.8 Å². The molecule has 1 saturated heterocycles. The standard InChI is InChI=1S/C20H18F5N7O2/c21-13-2-1-12(9-14(13)22)27-17(33)10-26-18(34)11-5-7-31(8-6-11)16-4-3-15-28-29-19(20(23,24)25)32(15)30-16/h1-4,9,11H,5-8,10H2,(H,26,34)(H,27,33). The Morgan fingerprint density at radius 1 is 1.03 bits per heavy atom. The predicted octanol–water partition coefficient (Wildman–Crippen LogP) is 2.39. The number of nitrogens with zero attached hydrogens (tertiary/aromatic N) is 5. The highest BCUT2D eigenvalue weighted by molar-refractivity contribution is 5.94. The van der Waals surface area contributed by atoms with Crippen LogP contribution in [0.25, 0.3) is 5.65 Å². The smallest absolute Gasteiger partial charge is 0.355 e. The zero-order valence-corrected chi connectivity index (χ0v) is 17.4. The van der Waals surface area contributed by atoms with Gasteiger partial charge in [-0.1, -0.05) is 0 Å². The van der Waals surface area contributed by atoms with Crippen molar-refractivity contribution in [3.63, 3.8) is 0 Å². The van der Waals surface area contributed by atoms with Crippen LogP contribution in [0.4, 0.5) is 33.5 Å². The SMILES string of the molecule is O=C(CNC(=O)C1CCN(c2ccc3nnc(C(F)(F)F)n3n2)CC1)Nc1ccc(F)c(F)c1. The summed E-state index contributed by atoms with van der Waals surface area (Å²) in [6, 6.07) is 5.81. The molecule has 4 rings (SSSR count). The average Bonchev–Trinajstić information content (AvgIpc) is 3.24. The quantitative estimate of drug-likeness (QED) is 0.541. The van der Waals surface area contributed by atoms with Gasteiger partial charge in [-0.25, -0.2) is 8.78 Å². The van der Waals surface area contributed by atoms with Gasteiger partial charge in [0.1, 0.15) is 5.82 Å². The minimum absolute atomic E-state index is 0.0352. The van der Waals surface area contributed by atoms with Gasteiger partial charge in [-0.05, 0) is 37.1 Å². The number of fused-ring (bicyclic) bond motifs is 1. The van der Waals surface area contributed by atoms with Gasteiger partial charge in [-0.15, -0.1) is 15.3 Å². The monoisotopic (exact) mass is 483 g/mol. The van der Waals surface area contributed by atoms with Crippen molar-refractivity contribution in [1.82, 2.24) is 25.1 Å². The Morgan fingerprint density at radius 3 is 2.44 bits per heavy atom. The molecule has 0 aliphatic carbocycles. The van der Waals surface area contributed by atoms with Crippen molar-refractivity contribution in [2.45, 2.75) is 19.0 Å². The number of benzene rings is 1. The summed E-state index contributed by atoms with van der Waals surface area (Å²) in [7, 11) is 0. The zero-order chi connectivity index (χ0) is 24.5. The van der Waals surface area contributed by atoms with Gasteiger partial charge >= 0.3 is 6.18 Å². The maximum Gasteiger partial charge on any atom is 0.453 e. The highest BCUT2D eigenvalue weighted by atomic mass is 19.4. The van der Waals surface area contributed by atoms with E-state index in [0.29, 0.717) is 36.3 Å². The average molecular weight is 483 g/mol. The lowest BCUT2D eigenvalue weighted by Crippen LogP contribution is -2.43. The number of carbonyl (C=O) groups excluding carboxylic acids is 2. The van der Waals surface area contributed by atoms with Crippen LogP contribution >= 0.6 is 0 Å². The van der Waals surface area contributed by atoms with Gasteiger partial charge in [-0.2, -0.15) is 17.7 Å². The van der Waals surface area contributed by atoms with Crippen molar-refractivity contribution < 1.29 is 31.5 Å². The van der Waals surface area contributed by atoms with Crippen molar-refractivity contribution in [3.8, 4) is 0 Å². The number of piperidine rings is 1. The minimum Gasteiger partial charge on any atom is -0.355 e. The molecule has 1 aliphatic heterocycles. The topological polar surface area (TPSA) is 105 Å². The Bertz CT molecular complexity index is 1220. The first kappa shape index (κ1) is 23.3. The highest BCUT2D eigenvalue weighted by Gasteiger charge is 2.38. The van der Waals surface area contributed by atoms with Crippen LogP contribution < -0.4 is 15.5 Å². The fraction of sp³-hybridized carbons (Fsp3) is 0.350. The van der Waals surface area contributed by atoms with Gasteiger partial charge in [0.15, 0.2) is 17.3 Å². The lowest BCUT2D eigenvalue weighted by Gasteiger charge is -2.32. The van der Waals surface area contributed by atoms with Crippen LogP contribution in [0.15, 0.2) is 30.3 Å². The van der Waals surface area contributed by atoms with E-state index in [1.807, 2.05) is 0 Å². The molecule has 2 aromatic heterocycles. The van der Waals surface area contributed by atoms with Gasteiger partial charge in [0.25, 0.3) is 5.82 Å². The molecule has 180 valence electrons.